The van der Waals surface area contributed by atoms with Crippen molar-refractivity contribution in [2.24, 2.45) is 0 Å². The lowest BCUT2D eigenvalue weighted by molar-refractivity contribution is 0.111. The Morgan fingerprint density at radius 2 is 2.13 bits per heavy atom. The third-order valence-corrected chi connectivity index (χ3v) is 5.56. The van der Waals surface area contributed by atoms with E-state index >= 15 is 0 Å². The number of hydrogen-bond acceptors (Lipinski definition) is 4. The first-order chi connectivity index (χ1) is 11.2. The summed E-state index contributed by atoms with van der Waals surface area (Å²) in [7, 11) is 0. The fourth-order valence-electron chi connectivity index (χ4n) is 3.51. The van der Waals surface area contributed by atoms with Crippen molar-refractivity contribution in [3.8, 4) is 0 Å². The van der Waals surface area contributed by atoms with Gasteiger partial charge in [-0.3, -0.25) is 4.90 Å². The second kappa shape index (κ2) is 8.03. The molecule has 128 valence electrons. The van der Waals surface area contributed by atoms with Gasteiger partial charge in [0.05, 0.1) is 23.7 Å². The van der Waals surface area contributed by atoms with Gasteiger partial charge >= 0.3 is 0 Å². The first-order valence-electron chi connectivity index (χ1n) is 8.31. The minimum absolute atomic E-state index is 0.0300. The molecule has 2 aliphatic heterocycles. The van der Waals surface area contributed by atoms with Gasteiger partial charge < -0.3 is 15.2 Å². The Balaban J connectivity index is 1.54. The van der Waals surface area contributed by atoms with Crippen molar-refractivity contribution in [2.45, 2.75) is 37.4 Å². The molecule has 3 rings (SSSR count). The summed E-state index contributed by atoms with van der Waals surface area (Å²) in [5.74, 6) is -0.293. The maximum atomic E-state index is 13.7. The zero-order valence-corrected chi connectivity index (χ0v) is 14.8. The van der Waals surface area contributed by atoms with Crippen LogP contribution in [0, 0.1) is 5.82 Å². The Morgan fingerprint density at radius 1 is 1.35 bits per heavy atom. The number of piperidine rings is 1. The summed E-state index contributed by atoms with van der Waals surface area (Å²) < 4.78 is 19.6. The van der Waals surface area contributed by atoms with Gasteiger partial charge in [-0.1, -0.05) is 6.07 Å². The van der Waals surface area contributed by atoms with Crippen LogP contribution in [-0.2, 0) is 4.74 Å². The molecule has 23 heavy (non-hydrogen) atoms. The molecule has 0 saturated carbocycles. The number of aliphatic hydroxyl groups is 1. The van der Waals surface area contributed by atoms with E-state index in [4.69, 9.17) is 4.74 Å². The zero-order valence-electron chi connectivity index (χ0n) is 13.2. The number of likely N-dealkylation sites (tertiary alicyclic amines) is 1. The van der Waals surface area contributed by atoms with Crippen molar-refractivity contribution in [1.82, 2.24) is 10.2 Å². The third-order valence-electron chi connectivity index (χ3n) is 4.92. The normalized spacial score (nSPS) is 24.9. The number of rotatable bonds is 5. The van der Waals surface area contributed by atoms with Gasteiger partial charge in [0.2, 0.25) is 0 Å². The van der Waals surface area contributed by atoms with Crippen molar-refractivity contribution in [1.29, 1.82) is 0 Å². The molecule has 2 fully saturated rings. The second-order valence-corrected chi connectivity index (χ2v) is 7.26. The van der Waals surface area contributed by atoms with Gasteiger partial charge in [0.15, 0.2) is 0 Å². The summed E-state index contributed by atoms with van der Waals surface area (Å²) in [5, 5.41) is 13.2. The van der Waals surface area contributed by atoms with E-state index in [-0.39, 0.29) is 18.5 Å². The molecular weight excluding hydrogens is 363 g/mol. The van der Waals surface area contributed by atoms with Crippen LogP contribution in [0.2, 0.25) is 0 Å². The second-order valence-electron chi connectivity index (χ2n) is 6.40. The average Bonchev–Trinajstić information content (AvgIpc) is 3.10. The summed E-state index contributed by atoms with van der Waals surface area (Å²) in [6.07, 6.45) is 3.23. The number of aliphatic hydroxyl groups excluding tert-OH is 1. The predicted octanol–water partition coefficient (Wildman–Crippen LogP) is 2.46. The van der Waals surface area contributed by atoms with E-state index in [9.17, 15) is 9.50 Å². The van der Waals surface area contributed by atoms with E-state index in [0.717, 1.165) is 51.1 Å². The summed E-state index contributed by atoms with van der Waals surface area (Å²) in [6.45, 7) is 3.81. The molecule has 0 aliphatic carbocycles. The Labute approximate surface area is 145 Å². The number of nitrogens with one attached hydrogen (secondary N) is 1. The summed E-state index contributed by atoms with van der Waals surface area (Å²) >= 11 is 3.16. The molecule has 2 N–H and O–H groups in total. The van der Waals surface area contributed by atoms with E-state index in [1.165, 1.54) is 6.07 Å². The standard InChI is InChI=1S/C17H24BrFN2O2/c18-15-2-1-12(9-16(15)19)17(10-22)20-13-3-6-21(7-4-13)14-5-8-23-11-14/h1-2,9,13-14,17,20,22H,3-8,10-11H2. The Bertz CT molecular complexity index is 517. The zero-order chi connectivity index (χ0) is 16.2. The molecule has 2 unspecified atom stereocenters. The monoisotopic (exact) mass is 386 g/mol. The molecular formula is C17H24BrFN2O2. The lowest BCUT2D eigenvalue weighted by Gasteiger charge is -2.37. The van der Waals surface area contributed by atoms with E-state index in [1.807, 2.05) is 6.07 Å². The summed E-state index contributed by atoms with van der Waals surface area (Å²) in [5.41, 5.74) is 0.792. The average molecular weight is 387 g/mol. The lowest BCUT2D eigenvalue weighted by Crippen LogP contribution is -2.48. The molecule has 2 atom stereocenters. The van der Waals surface area contributed by atoms with Gasteiger partial charge in [-0.05, 0) is 52.9 Å². The van der Waals surface area contributed by atoms with Crippen LogP contribution >= 0.6 is 15.9 Å². The summed E-state index contributed by atoms with van der Waals surface area (Å²) in [6, 6.07) is 5.75. The van der Waals surface area contributed by atoms with E-state index in [0.29, 0.717) is 16.6 Å². The topological polar surface area (TPSA) is 44.7 Å². The predicted molar refractivity (Wildman–Crippen MR) is 90.9 cm³/mol. The van der Waals surface area contributed by atoms with Crippen LogP contribution < -0.4 is 5.32 Å². The van der Waals surface area contributed by atoms with Gasteiger partial charge in [0, 0.05) is 31.8 Å². The molecule has 0 bridgehead atoms. The quantitative estimate of drug-likeness (QED) is 0.815. The maximum absolute atomic E-state index is 13.7. The maximum Gasteiger partial charge on any atom is 0.137 e. The highest BCUT2D eigenvalue weighted by Gasteiger charge is 2.28. The number of ether oxygens (including phenoxy) is 1. The lowest BCUT2D eigenvalue weighted by atomic mass is 9.99. The molecule has 2 heterocycles. The number of halogens is 2. The molecule has 2 saturated heterocycles. The largest absolute Gasteiger partial charge is 0.394 e. The SMILES string of the molecule is OCC(NC1CCN(C2CCOC2)CC1)c1ccc(Br)c(F)c1. The minimum atomic E-state index is -0.293. The van der Waals surface area contributed by atoms with Crippen molar-refractivity contribution in [3.63, 3.8) is 0 Å². The first kappa shape index (κ1) is 17.3. The van der Waals surface area contributed by atoms with Crippen LogP contribution in [0.4, 0.5) is 4.39 Å². The first-order valence-corrected chi connectivity index (χ1v) is 9.10. The van der Waals surface area contributed by atoms with Crippen LogP contribution in [0.3, 0.4) is 0 Å². The molecule has 0 radical (unpaired) electrons. The molecule has 1 aromatic rings. The molecule has 2 aliphatic rings. The fourth-order valence-corrected chi connectivity index (χ4v) is 3.76. The Hall–Kier alpha value is -0.530. The number of benzene rings is 1. The minimum Gasteiger partial charge on any atom is -0.394 e. The fraction of sp³-hybridized carbons (Fsp3) is 0.647. The van der Waals surface area contributed by atoms with Crippen molar-refractivity contribution < 1.29 is 14.2 Å². The van der Waals surface area contributed by atoms with E-state index in [1.54, 1.807) is 6.07 Å². The highest BCUT2D eigenvalue weighted by atomic mass is 79.9. The van der Waals surface area contributed by atoms with Crippen LogP contribution in [0.5, 0.6) is 0 Å². The van der Waals surface area contributed by atoms with Gasteiger partial charge in [-0.25, -0.2) is 4.39 Å². The van der Waals surface area contributed by atoms with Crippen LogP contribution in [0.25, 0.3) is 0 Å². The molecule has 0 amide bonds. The summed E-state index contributed by atoms with van der Waals surface area (Å²) in [4.78, 5) is 2.51. The van der Waals surface area contributed by atoms with E-state index < -0.39 is 0 Å². The van der Waals surface area contributed by atoms with Crippen LogP contribution in [0.15, 0.2) is 22.7 Å². The van der Waals surface area contributed by atoms with Crippen LogP contribution in [-0.4, -0.2) is 55.0 Å². The van der Waals surface area contributed by atoms with Gasteiger partial charge in [-0.15, -0.1) is 0 Å². The number of nitrogens with zero attached hydrogens (tertiary/aromatic N) is 1. The Kier molecular flexibility index (Phi) is 6.04. The highest BCUT2D eigenvalue weighted by Crippen LogP contribution is 2.24. The van der Waals surface area contributed by atoms with Crippen LogP contribution in [0.1, 0.15) is 30.9 Å². The van der Waals surface area contributed by atoms with Gasteiger partial charge in [0.25, 0.3) is 0 Å². The number of hydrogen-bond donors (Lipinski definition) is 2. The smallest absolute Gasteiger partial charge is 0.137 e. The van der Waals surface area contributed by atoms with Crippen molar-refractivity contribution >= 4 is 15.9 Å². The van der Waals surface area contributed by atoms with Crippen molar-refractivity contribution in [2.75, 3.05) is 32.9 Å². The molecule has 4 nitrogen and oxygen atoms in total. The molecule has 6 heteroatoms. The molecule has 0 aromatic heterocycles. The van der Waals surface area contributed by atoms with E-state index in [2.05, 4.69) is 26.1 Å². The van der Waals surface area contributed by atoms with Gasteiger partial charge in [-0.2, -0.15) is 0 Å². The Morgan fingerprint density at radius 3 is 2.74 bits per heavy atom. The third kappa shape index (κ3) is 4.31. The molecule has 0 spiro atoms. The van der Waals surface area contributed by atoms with Gasteiger partial charge in [0.1, 0.15) is 5.82 Å². The van der Waals surface area contributed by atoms with Crippen molar-refractivity contribution in [3.05, 3.63) is 34.1 Å². The highest BCUT2D eigenvalue weighted by molar-refractivity contribution is 9.10. The molecule has 1 aromatic carbocycles.